The van der Waals surface area contributed by atoms with Crippen molar-refractivity contribution in [2.24, 2.45) is 5.92 Å². The Balaban J connectivity index is 1.71. The second kappa shape index (κ2) is 9.40. The lowest BCUT2D eigenvalue weighted by Crippen LogP contribution is -2.38. The standard InChI is InChI=1S/C23H28ClN3O2/c1-15(2)14-25-22(28)20-8-7-16(3)26-21(20)17-9-11-27(12-10-17)23(29)18-5-4-6-19(24)13-18/h4-8,13,15,17H,9-12,14H2,1-3H3,(H,25,28). The molecular formula is C23H28ClN3O2. The number of nitrogens with zero attached hydrogens (tertiary/aromatic N) is 2. The lowest BCUT2D eigenvalue weighted by Gasteiger charge is -2.32. The van der Waals surface area contributed by atoms with E-state index in [0.717, 1.165) is 24.2 Å². The molecule has 1 aliphatic rings. The largest absolute Gasteiger partial charge is 0.352 e. The van der Waals surface area contributed by atoms with Crippen LogP contribution in [0.2, 0.25) is 5.02 Å². The summed E-state index contributed by atoms with van der Waals surface area (Å²) in [4.78, 5) is 32.0. The number of nitrogens with one attached hydrogen (secondary N) is 1. The highest BCUT2D eigenvalue weighted by Crippen LogP contribution is 2.30. The molecule has 0 bridgehead atoms. The second-order valence-corrected chi connectivity index (χ2v) is 8.50. The van der Waals surface area contributed by atoms with E-state index in [9.17, 15) is 9.59 Å². The molecule has 5 nitrogen and oxygen atoms in total. The molecule has 0 saturated carbocycles. The Morgan fingerprint density at radius 1 is 1.21 bits per heavy atom. The van der Waals surface area contributed by atoms with Crippen LogP contribution in [0.15, 0.2) is 36.4 Å². The number of aromatic nitrogens is 1. The van der Waals surface area contributed by atoms with E-state index in [-0.39, 0.29) is 17.7 Å². The maximum Gasteiger partial charge on any atom is 0.253 e. The van der Waals surface area contributed by atoms with Gasteiger partial charge in [0.2, 0.25) is 0 Å². The Morgan fingerprint density at radius 3 is 2.59 bits per heavy atom. The molecule has 154 valence electrons. The van der Waals surface area contributed by atoms with Crippen molar-refractivity contribution in [2.75, 3.05) is 19.6 Å². The summed E-state index contributed by atoms with van der Waals surface area (Å²) in [5.41, 5.74) is 3.01. The third-order valence-corrected chi connectivity index (χ3v) is 5.45. The van der Waals surface area contributed by atoms with Crippen molar-refractivity contribution in [3.8, 4) is 0 Å². The molecule has 0 aliphatic carbocycles. The number of hydrogen-bond donors (Lipinski definition) is 1. The summed E-state index contributed by atoms with van der Waals surface area (Å²) in [5.74, 6) is 0.483. The number of likely N-dealkylation sites (tertiary alicyclic amines) is 1. The number of carbonyl (C=O) groups is 2. The van der Waals surface area contributed by atoms with Gasteiger partial charge >= 0.3 is 0 Å². The first-order valence-electron chi connectivity index (χ1n) is 10.2. The SMILES string of the molecule is Cc1ccc(C(=O)NCC(C)C)c(C2CCN(C(=O)c3cccc(Cl)c3)CC2)n1. The molecule has 0 atom stereocenters. The summed E-state index contributed by atoms with van der Waals surface area (Å²) >= 11 is 6.02. The van der Waals surface area contributed by atoms with Crippen LogP contribution in [-0.2, 0) is 0 Å². The fraction of sp³-hybridized carbons (Fsp3) is 0.435. The zero-order valence-electron chi connectivity index (χ0n) is 17.2. The third kappa shape index (κ3) is 5.36. The van der Waals surface area contributed by atoms with Gasteiger partial charge in [-0.3, -0.25) is 14.6 Å². The number of piperidine rings is 1. The average Bonchev–Trinajstić information content (AvgIpc) is 2.71. The summed E-state index contributed by atoms with van der Waals surface area (Å²) in [6.07, 6.45) is 1.57. The van der Waals surface area contributed by atoms with Crippen molar-refractivity contribution in [3.63, 3.8) is 0 Å². The first kappa shape index (κ1) is 21.3. The minimum absolute atomic E-state index is 0.00180. The summed E-state index contributed by atoms with van der Waals surface area (Å²) in [6.45, 7) is 8.00. The van der Waals surface area contributed by atoms with Gasteiger partial charge in [-0.2, -0.15) is 0 Å². The fourth-order valence-electron chi connectivity index (χ4n) is 3.63. The quantitative estimate of drug-likeness (QED) is 0.787. The van der Waals surface area contributed by atoms with E-state index in [4.69, 9.17) is 16.6 Å². The van der Waals surface area contributed by atoms with E-state index >= 15 is 0 Å². The predicted octanol–water partition coefficient (Wildman–Crippen LogP) is 4.45. The van der Waals surface area contributed by atoms with Crippen molar-refractivity contribution >= 4 is 23.4 Å². The van der Waals surface area contributed by atoms with Gasteiger partial charge in [0.25, 0.3) is 11.8 Å². The van der Waals surface area contributed by atoms with Crippen LogP contribution in [0.3, 0.4) is 0 Å². The molecule has 6 heteroatoms. The number of pyridine rings is 1. The highest BCUT2D eigenvalue weighted by molar-refractivity contribution is 6.30. The van der Waals surface area contributed by atoms with Gasteiger partial charge < -0.3 is 10.2 Å². The summed E-state index contributed by atoms with van der Waals surface area (Å²) in [6, 6.07) is 10.8. The third-order valence-electron chi connectivity index (χ3n) is 5.22. The van der Waals surface area contributed by atoms with E-state index in [1.54, 1.807) is 24.3 Å². The predicted molar refractivity (Wildman–Crippen MR) is 115 cm³/mol. The van der Waals surface area contributed by atoms with Gasteiger partial charge in [-0.05, 0) is 56.0 Å². The molecule has 2 heterocycles. The van der Waals surface area contributed by atoms with Crippen LogP contribution in [0.5, 0.6) is 0 Å². The molecule has 2 amide bonds. The minimum atomic E-state index is -0.0707. The van der Waals surface area contributed by atoms with Gasteiger partial charge in [-0.1, -0.05) is 31.5 Å². The lowest BCUT2D eigenvalue weighted by molar-refractivity contribution is 0.0710. The fourth-order valence-corrected chi connectivity index (χ4v) is 3.82. The van der Waals surface area contributed by atoms with Crippen molar-refractivity contribution in [3.05, 3.63) is 63.9 Å². The van der Waals surface area contributed by atoms with Gasteiger partial charge in [0.05, 0.1) is 11.3 Å². The zero-order chi connectivity index (χ0) is 21.0. The molecule has 3 rings (SSSR count). The van der Waals surface area contributed by atoms with Crippen LogP contribution >= 0.6 is 11.6 Å². The van der Waals surface area contributed by atoms with Crippen molar-refractivity contribution < 1.29 is 9.59 Å². The van der Waals surface area contributed by atoms with E-state index in [0.29, 0.717) is 41.7 Å². The number of rotatable bonds is 5. The van der Waals surface area contributed by atoms with Gasteiger partial charge in [-0.25, -0.2) is 0 Å². The second-order valence-electron chi connectivity index (χ2n) is 8.07. The monoisotopic (exact) mass is 413 g/mol. The first-order chi connectivity index (χ1) is 13.8. The normalized spacial score (nSPS) is 14.9. The van der Waals surface area contributed by atoms with Crippen molar-refractivity contribution in [1.29, 1.82) is 0 Å². The van der Waals surface area contributed by atoms with Crippen LogP contribution in [0.25, 0.3) is 0 Å². The first-order valence-corrected chi connectivity index (χ1v) is 10.5. The van der Waals surface area contributed by atoms with Gasteiger partial charge in [0, 0.05) is 41.8 Å². The minimum Gasteiger partial charge on any atom is -0.352 e. The maximum absolute atomic E-state index is 12.8. The maximum atomic E-state index is 12.8. The Hall–Kier alpha value is -2.40. The zero-order valence-corrected chi connectivity index (χ0v) is 18.0. The molecule has 0 spiro atoms. The number of halogens is 1. The lowest BCUT2D eigenvalue weighted by atomic mass is 9.89. The summed E-state index contributed by atoms with van der Waals surface area (Å²) in [7, 11) is 0. The van der Waals surface area contributed by atoms with Crippen LogP contribution in [0.4, 0.5) is 0 Å². The molecule has 1 aliphatic heterocycles. The Kier molecular flexibility index (Phi) is 6.91. The Bertz CT molecular complexity index is 889. The van der Waals surface area contributed by atoms with Crippen LogP contribution < -0.4 is 5.32 Å². The van der Waals surface area contributed by atoms with Gasteiger partial charge in [0.1, 0.15) is 0 Å². The molecule has 29 heavy (non-hydrogen) atoms. The molecular weight excluding hydrogens is 386 g/mol. The smallest absolute Gasteiger partial charge is 0.253 e. The van der Waals surface area contributed by atoms with Crippen molar-refractivity contribution in [2.45, 2.75) is 39.5 Å². The molecule has 1 aromatic heterocycles. The van der Waals surface area contributed by atoms with E-state index in [2.05, 4.69) is 19.2 Å². The van der Waals surface area contributed by atoms with Crippen LogP contribution in [0, 0.1) is 12.8 Å². The van der Waals surface area contributed by atoms with E-state index in [1.807, 2.05) is 24.0 Å². The number of benzene rings is 1. The number of amides is 2. The molecule has 0 radical (unpaired) electrons. The van der Waals surface area contributed by atoms with Crippen molar-refractivity contribution in [1.82, 2.24) is 15.2 Å². The molecule has 1 saturated heterocycles. The molecule has 2 aromatic rings. The summed E-state index contributed by atoms with van der Waals surface area (Å²) < 4.78 is 0. The van der Waals surface area contributed by atoms with Gasteiger partial charge in [0.15, 0.2) is 0 Å². The van der Waals surface area contributed by atoms with E-state index < -0.39 is 0 Å². The van der Waals surface area contributed by atoms with Gasteiger partial charge in [-0.15, -0.1) is 0 Å². The van der Waals surface area contributed by atoms with E-state index in [1.165, 1.54) is 0 Å². The summed E-state index contributed by atoms with van der Waals surface area (Å²) in [5, 5.41) is 3.56. The molecule has 1 fully saturated rings. The highest BCUT2D eigenvalue weighted by Gasteiger charge is 2.28. The average molecular weight is 414 g/mol. The highest BCUT2D eigenvalue weighted by atomic mass is 35.5. The Morgan fingerprint density at radius 2 is 1.93 bits per heavy atom. The Labute approximate surface area is 177 Å². The molecule has 1 N–H and O–H groups in total. The number of aryl methyl sites for hydroxylation is 1. The van der Waals surface area contributed by atoms with Crippen LogP contribution in [-0.4, -0.2) is 41.3 Å². The number of carbonyl (C=O) groups excluding carboxylic acids is 2. The van der Waals surface area contributed by atoms with Crippen LogP contribution in [0.1, 0.15) is 64.7 Å². The molecule has 1 aromatic carbocycles. The molecule has 0 unspecified atom stereocenters. The topological polar surface area (TPSA) is 62.3 Å². The number of hydrogen-bond acceptors (Lipinski definition) is 3.